The van der Waals surface area contributed by atoms with Crippen molar-refractivity contribution < 1.29 is 18.7 Å². The van der Waals surface area contributed by atoms with Crippen LogP contribution in [0.25, 0.3) is 21.9 Å². The normalized spacial score (nSPS) is 11.4. The maximum atomic E-state index is 12.5. The zero-order valence-corrected chi connectivity index (χ0v) is 17.5. The Bertz CT molecular complexity index is 1310. The van der Waals surface area contributed by atoms with Crippen LogP contribution < -0.4 is 15.9 Å². The van der Waals surface area contributed by atoms with Gasteiger partial charge in [0, 0.05) is 32.5 Å². The number of methoxy groups -OCH3 is 1. The summed E-state index contributed by atoms with van der Waals surface area (Å²) >= 11 is 3.40. The van der Waals surface area contributed by atoms with E-state index in [1.165, 1.54) is 13.3 Å². The Morgan fingerprint density at radius 2 is 2.10 bits per heavy atom. The number of furan rings is 1. The van der Waals surface area contributed by atoms with Crippen molar-refractivity contribution in [2.24, 2.45) is 10.8 Å². The van der Waals surface area contributed by atoms with Crippen molar-refractivity contribution in [3.8, 4) is 5.75 Å². The average molecular weight is 469 g/mol. The van der Waals surface area contributed by atoms with E-state index in [0.29, 0.717) is 11.3 Å². The summed E-state index contributed by atoms with van der Waals surface area (Å²) in [6.45, 7) is 0.0527. The van der Waals surface area contributed by atoms with Crippen LogP contribution in [0.5, 0.6) is 5.75 Å². The van der Waals surface area contributed by atoms with Gasteiger partial charge in [-0.05, 0) is 24.3 Å². The van der Waals surface area contributed by atoms with Crippen LogP contribution in [0, 0.1) is 0 Å². The van der Waals surface area contributed by atoms with Crippen LogP contribution in [0.15, 0.2) is 62.7 Å². The van der Waals surface area contributed by atoms with E-state index < -0.39 is 11.8 Å². The Hall–Kier alpha value is -3.59. The number of carbonyl (C=O) groups excluding carboxylic acids is 2. The van der Waals surface area contributed by atoms with Crippen molar-refractivity contribution in [1.29, 1.82) is 0 Å². The second-order valence-electron chi connectivity index (χ2n) is 6.53. The highest BCUT2D eigenvalue weighted by molar-refractivity contribution is 9.10. The Morgan fingerprint density at radius 1 is 1.30 bits per heavy atom. The van der Waals surface area contributed by atoms with Gasteiger partial charge in [0.15, 0.2) is 17.1 Å². The maximum absolute atomic E-state index is 12.5. The van der Waals surface area contributed by atoms with Gasteiger partial charge in [-0.2, -0.15) is 5.10 Å². The van der Waals surface area contributed by atoms with E-state index in [-0.39, 0.29) is 12.3 Å². The van der Waals surface area contributed by atoms with Gasteiger partial charge in [-0.3, -0.25) is 9.59 Å². The van der Waals surface area contributed by atoms with Crippen LogP contribution in [0.3, 0.4) is 0 Å². The molecule has 0 saturated heterocycles. The highest BCUT2D eigenvalue weighted by Gasteiger charge is 2.15. The number of hydrazone groups is 1. The molecule has 0 aliphatic rings. The van der Waals surface area contributed by atoms with Crippen LogP contribution in [-0.2, 0) is 11.3 Å². The lowest BCUT2D eigenvalue weighted by atomic mass is 10.2. The fourth-order valence-electron chi connectivity index (χ4n) is 3.24. The second-order valence-corrected chi connectivity index (χ2v) is 7.45. The number of fused-ring (bicyclic) bond motifs is 2. The number of benzene rings is 2. The van der Waals surface area contributed by atoms with E-state index in [0.717, 1.165) is 26.3 Å². The Labute approximate surface area is 179 Å². The summed E-state index contributed by atoms with van der Waals surface area (Å²) in [7, 11) is 1.53. The molecule has 3 N–H and O–H groups in total. The molecule has 4 aromatic rings. The van der Waals surface area contributed by atoms with Crippen LogP contribution in [0.2, 0.25) is 0 Å². The Balaban J connectivity index is 1.57. The molecule has 30 heavy (non-hydrogen) atoms. The molecule has 0 bridgehead atoms. The largest absolute Gasteiger partial charge is 0.493 e. The number of ether oxygens (including phenoxy) is 1. The molecule has 2 aromatic carbocycles. The lowest BCUT2D eigenvalue weighted by molar-refractivity contribution is -0.118. The highest BCUT2D eigenvalue weighted by Crippen LogP contribution is 2.32. The van der Waals surface area contributed by atoms with E-state index in [2.05, 4.69) is 26.5 Å². The van der Waals surface area contributed by atoms with Gasteiger partial charge >= 0.3 is 5.91 Å². The fraction of sp³-hybridized carbons (Fsp3) is 0.0952. The lowest BCUT2D eigenvalue weighted by Crippen LogP contribution is -2.18. The smallest absolute Gasteiger partial charge is 0.307 e. The first kappa shape index (κ1) is 19.7. The number of nitrogens with two attached hydrogens (primary N) is 1. The number of para-hydroxylation sites is 1. The number of halogens is 1. The molecule has 0 unspecified atom stereocenters. The molecule has 2 aromatic heterocycles. The predicted molar refractivity (Wildman–Crippen MR) is 117 cm³/mol. The molecule has 8 nitrogen and oxygen atoms in total. The Kier molecular flexibility index (Phi) is 5.28. The van der Waals surface area contributed by atoms with Crippen molar-refractivity contribution in [2.45, 2.75) is 6.54 Å². The van der Waals surface area contributed by atoms with Gasteiger partial charge in [0.25, 0.3) is 0 Å². The van der Waals surface area contributed by atoms with Gasteiger partial charge in [0.1, 0.15) is 6.54 Å². The number of rotatable bonds is 6. The number of hydrogen-bond donors (Lipinski definition) is 2. The summed E-state index contributed by atoms with van der Waals surface area (Å²) < 4.78 is 13.5. The summed E-state index contributed by atoms with van der Waals surface area (Å²) in [6.07, 6.45) is 3.27. The van der Waals surface area contributed by atoms with Gasteiger partial charge < -0.3 is 19.5 Å². The van der Waals surface area contributed by atoms with E-state index in [9.17, 15) is 9.59 Å². The molecule has 0 aliphatic carbocycles. The van der Waals surface area contributed by atoms with Crippen molar-refractivity contribution in [2.75, 3.05) is 7.11 Å². The zero-order valence-electron chi connectivity index (χ0n) is 15.9. The molecule has 9 heteroatoms. The van der Waals surface area contributed by atoms with E-state index in [4.69, 9.17) is 14.9 Å². The van der Waals surface area contributed by atoms with Crippen molar-refractivity contribution in [1.82, 2.24) is 9.99 Å². The molecule has 0 aliphatic heterocycles. The van der Waals surface area contributed by atoms with Crippen LogP contribution in [-0.4, -0.2) is 29.7 Å². The first-order chi connectivity index (χ1) is 14.5. The monoisotopic (exact) mass is 468 g/mol. The van der Waals surface area contributed by atoms with E-state index >= 15 is 0 Å². The molecular formula is C21H17BrN4O4. The molecule has 0 fully saturated rings. The molecule has 0 radical (unpaired) electrons. The lowest BCUT2D eigenvalue weighted by Gasteiger charge is -2.00. The second kappa shape index (κ2) is 8.03. The minimum atomic E-state index is -0.499. The number of hydrogen-bond acceptors (Lipinski definition) is 5. The molecule has 2 amide bonds. The molecule has 0 atom stereocenters. The molecular weight excluding hydrogens is 452 g/mol. The van der Waals surface area contributed by atoms with Gasteiger partial charge in [-0.15, -0.1) is 0 Å². The Morgan fingerprint density at radius 3 is 2.87 bits per heavy atom. The molecule has 0 spiro atoms. The van der Waals surface area contributed by atoms with Crippen molar-refractivity contribution >= 4 is 55.8 Å². The average Bonchev–Trinajstić information content (AvgIpc) is 3.29. The SMILES string of the molecule is COc1cc(Br)cc2cc(C(=O)NN=Cc3cn(CC(N)=O)c4ccccc34)oc12. The molecule has 152 valence electrons. The van der Waals surface area contributed by atoms with Gasteiger partial charge in [-0.25, -0.2) is 5.43 Å². The molecule has 2 heterocycles. The van der Waals surface area contributed by atoms with Crippen molar-refractivity contribution in [3.63, 3.8) is 0 Å². The minimum Gasteiger partial charge on any atom is -0.493 e. The first-order valence-electron chi connectivity index (χ1n) is 8.93. The number of aromatic nitrogens is 1. The number of amides is 2. The van der Waals surface area contributed by atoms with Crippen LogP contribution >= 0.6 is 15.9 Å². The molecule has 4 rings (SSSR count). The maximum Gasteiger partial charge on any atom is 0.307 e. The fourth-order valence-corrected chi connectivity index (χ4v) is 3.70. The standard InChI is InChI=1S/C21H17BrN4O4/c1-29-17-8-14(22)6-12-7-18(30-20(12)17)21(28)25-24-9-13-10-26(11-19(23)27)16-5-3-2-4-15(13)16/h2-10H,11H2,1H3,(H2,23,27)(H,25,28). The first-order valence-corrected chi connectivity index (χ1v) is 9.72. The van der Waals surface area contributed by atoms with Crippen LogP contribution in [0.1, 0.15) is 16.1 Å². The summed E-state index contributed by atoms with van der Waals surface area (Å²) in [5, 5.41) is 5.65. The van der Waals surface area contributed by atoms with Gasteiger partial charge in [0.2, 0.25) is 5.91 Å². The highest BCUT2D eigenvalue weighted by atomic mass is 79.9. The van der Waals surface area contributed by atoms with E-state index in [1.807, 2.05) is 30.3 Å². The number of nitrogens with one attached hydrogen (secondary N) is 1. The quantitative estimate of drug-likeness (QED) is 0.333. The summed E-state index contributed by atoms with van der Waals surface area (Å²) in [5.41, 5.74) is 9.84. The van der Waals surface area contributed by atoms with E-state index in [1.54, 1.807) is 22.9 Å². The number of nitrogens with zero attached hydrogens (tertiary/aromatic N) is 2. The summed E-state index contributed by atoms with van der Waals surface area (Å²) in [5.74, 6) is -0.320. The van der Waals surface area contributed by atoms with Crippen molar-refractivity contribution in [3.05, 3.63) is 64.5 Å². The topological polar surface area (TPSA) is 112 Å². The van der Waals surface area contributed by atoms with Gasteiger partial charge in [0.05, 0.1) is 13.3 Å². The third-order valence-corrected chi connectivity index (χ3v) is 4.96. The number of carbonyl (C=O) groups is 2. The summed E-state index contributed by atoms with van der Waals surface area (Å²) in [6, 6.07) is 12.7. The van der Waals surface area contributed by atoms with Gasteiger partial charge in [-0.1, -0.05) is 34.1 Å². The third-order valence-electron chi connectivity index (χ3n) is 4.51. The predicted octanol–water partition coefficient (Wildman–Crippen LogP) is 3.41. The third kappa shape index (κ3) is 3.79. The molecule has 0 saturated carbocycles. The van der Waals surface area contributed by atoms with Crippen LogP contribution in [0.4, 0.5) is 0 Å². The zero-order chi connectivity index (χ0) is 21.3. The number of primary amides is 1. The summed E-state index contributed by atoms with van der Waals surface area (Å²) in [4.78, 5) is 23.8. The minimum absolute atomic E-state index is 0.0527.